The van der Waals surface area contributed by atoms with Gasteiger partial charge in [-0.1, -0.05) is 6.92 Å². The van der Waals surface area contributed by atoms with Gasteiger partial charge in [0.05, 0.1) is 11.6 Å². The minimum absolute atomic E-state index is 0.245. The molecule has 0 heterocycles. The highest BCUT2D eigenvalue weighted by atomic mass is 16.5. The van der Waals surface area contributed by atoms with E-state index in [0.29, 0.717) is 23.9 Å². The molecule has 1 aromatic carbocycles. The van der Waals surface area contributed by atoms with Crippen molar-refractivity contribution in [2.24, 2.45) is 0 Å². The number of nitriles is 1. The molecule has 0 bridgehead atoms. The molecule has 0 aromatic heterocycles. The molecule has 4 heteroatoms. The summed E-state index contributed by atoms with van der Waals surface area (Å²) in [6, 6.07) is 9.29. The number of aliphatic hydroxyl groups is 1. The molecule has 4 nitrogen and oxygen atoms in total. The van der Waals surface area contributed by atoms with E-state index in [1.807, 2.05) is 6.07 Å². The second-order valence-electron chi connectivity index (χ2n) is 4.32. The van der Waals surface area contributed by atoms with Crippen molar-refractivity contribution in [2.75, 3.05) is 13.2 Å². The lowest BCUT2D eigenvalue weighted by molar-refractivity contribution is 0.104. The summed E-state index contributed by atoms with van der Waals surface area (Å²) in [5.41, 5.74) is 0.598. The van der Waals surface area contributed by atoms with Gasteiger partial charge in [0.25, 0.3) is 0 Å². The Morgan fingerprint density at radius 3 is 2.61 bits per heavy atom. The van der Waals surface area contributed by atoms with Crippen LogP contribution in [0.5, 0.6) is 5.75 Å². The van der Waals surface area contributed by atoms with Gasteiger partial charge in [0.15, 0.2) is 0 Å². The number of ether oxygens (including phenoxy) is 1. The number of rotatable bonds is 7. The minimum Gasteiger partial charge on any atom is -0.491 e. The lowest BCUT2D eigenvalue weighted by Crippen LogP contribution is -2.36. The maximum atomic E-state index is 9.72. The first kappa shape index (κ1) is 14.5. The standard InChI is InChI=1S/C14H20N2O2/c1-3-11(2)16-9-13(17)10-18-14-6-4-12(8-15)5-7-14/h4-7,11,13,16-17H,3,9-10H2,1-2H3. The van der Waals surface area contributed by atoms with Crippen LogP contribution in [0, 0.1) is 11.3 Å². The summed E-state index contributed by atoms with van der Waals surface area (Å²) in [7, 11) is 0. The zero-order chi connectivity index (χ0) is 13.4. The molecule has 0 aliphatic rings. The first-order valence-electron chi connectivity index (χ1n) is 6.20. The van der Waals surface area contributed by atoms with Gasteiger partial charge >= 0.3 is 0 Å². The lowest BCUT2D eigenvalue weighted by Gasteiger charge is -2.16. The number of benzene rings is 1. The second kappa shape index (κ2) is 7.70. The molecule has 2 atom stereocenters. The zero-order valence-corrected chi connectivity index (χ0v) is 10.9. The monoisotopic (exact) mass is 248 g/mol. The molecule has 1 rings (SSSR count). The van der Waals surface area contributed by atoms with Crippen molar-refractivity contribution in [3.63, 3.8) is 0 Å². The van der Waals surface area contributed by atoms with Crippen molar-refractivity contribution >= 4 is 0 Å². The summed E-state index contributed by atoms with van der Waals surface area (Å²) < 4.78 is 5.43. The third-order valence-electron chi connectivity index (χ3n) is 2.74. The van der Waals surface area contributed by atoms with Crippen LogP contribution in [-0.4, -0.2) is 30.4 Å². The molecule has 0 radical (unpaired) electrons. The van der Waals surface area contributed by atoms with Crippen LogP contribution in [-0.2, 0) is 0 Å². The van der Waals surface area contributed by atoms with Gasteiger partial charge < -0.3 is 15.2 Å². The summed E-state index contributed by atoms with van der Waals surface area (Å²) in [4.78, 5) is 0. The predicted molar refractivity (Wildman–Crippen MR) is 70.4 cm³/mol. The van der Waals surface area contributed by atoms with E-state index in [-0.39, 0.29) is 6.61 Å². The Morgan fingerprint density at radius 2 is 2.06 bits per heavy atom. The third kappa shape index (κ3) is 5.17. The van der Waals surface area contributed by atoms with Crippen molar-refractivity contribution in [3.05, 3.63) is 29.8 Å². The van der Waals surface area contributed by atoms with E-state index in [4.69, 9.17) is 10.00 Å². The summed E-state index contributed by atoms with van der Waals surface area (Å²) >= 11 is 0. The van der Waals surface area contributed by atoms with Crippen molar-refractivity contribution in [1.82, 2.24) is 5.32 Å². The normalized spacial score (nSPS) is 13.7. The molecule has 0 aliphatic carbocycles. The molecule has 0 fully saturated rings. The third-order valence-corrected chi connectivity index (χ3v) is 2.74. The zero-order valence-electron chi connectivity index (χ0n) is 10.9. The van der Waals surface area contributed by atoms with Gasteiger partial charge in [0, 0.05) is 12.6 Å². The maximum Gasteiger partial charge on any atom is 0.119 e. The van der Waals surface area contributed by atoms with E-state index in [9.17, 15) is 5.11 Å². The van der Waals surface area contributed by atoms with Gasteiger partial charge in [-0.15, -0.1) is 0 Å². The largest absolute Gasteiger partial charge is 0.491 e. The molecule has 0 spiro atoms. The number of hydrogen-bond donors (Lipinski definition) is 2. The second-order valence-corrected chi connectivity index (χ2v) is 4.32. The Kier molecular flexibility index (Phi) is 6.20. The average Bonchev–Trinajstić information content (AvgIpc) is 2.42. The first-order chi connectivity index (χ1) is 8.65. The van der Waals surface area contributed by atoms with Gasteiger partial charge in [0.2, 0.25) is 0 Å². The van der Waals surface area contributed by atoms with E-state index < -0.39 is 6.10 Å². The minimum atomic E-state index is -0.533. The molecule has 0 aliphatic heterocycles. The Bertz CT molecular complexity index is 384. The number of hydrogen-bond acceptors (Lipinski definition) is 4. The Hall–Kier alpha value is -1.57. The topological polar surface area (TPSA) is 65.3 Å². The Labute approximate surface area is 108 Å². The summed E-state index contributed by atoms with van der Waals surface area (Å²) in [5.74, 6) is 0.664. The molecule has 0 amide bonds. The van der Waals surface area contributed by atoms with Crippen molar-refractivity contribution in [2.45, 2.75) is 32.4 Å². The van der Waals surface area contributed by atoms with E-state index in [1.54, 1.807) is 24.3 Å². The molecule has 98 valence electrons. The van der Waals surface area contributed by atoms with E-state index in [1.165, 1.54) is 0 Å². The molecular formula is C14H20N2O2. The predicted octanol–water partition coefficient (Wildman–Crippen LogP) is 1.69. The van der Waals surface area contributed by atoms with E-state index in [2.05, 4.69) is 19.2 Å². The van der Waals surface area contributed by atoms with E-state index >= 15 is 0 Å². The van der Waals surface area contributed by atoms with Gasteiger partial charge in [-0.3, -0.25) is 0 Å². The molecular weight excluding hydrogens is 228 g/mol. The fourth-order valence-corrected chi connectivity index (χ4v) is 1.36. The van der Waals surface area contributed by atoms with Crippen LogP contribution in [0.3, 0.4) is 0 Å². The summed E-state index contributed by atoms with van der Waals surface area (Å²) in [6.07, 6.45) is 0.498. The maximum absolute atomic E-state index is 9.72. The van der Waals surface area contributed by atoms with Crippen molar-refractivity contribution < 1.29 is 9.84 Å². The van der Waals surface area contributed by atoms with Crippen LogP contribution in [0.2, 0.25) is 0 Å². The molecule has 18 heavy (non-hydrogen) atoms. The van der Waals surface area contributed by atoms with Crippen LogP contribution >= 0.6 is 0 Å². The van der Waals surface area contributed by atoms with Gasteiger partial charge in [0.1, 0.15) is 18.5 Å². The van der Waals surface area contributed by atoms with Gasteiger partial charge in [-0.25, -0.2) is 0 Å². The molecule has 1 aromatic rings. The van der Waals surface area contributed by atoms with E-state index in [0.717, 1.165) is 6.42 Å². The highest BCUT2D eigenvalue weighted by Gasteiger charge is 2.06. The highest BCUT2D eigenvalue weighted by molar-refractivity contribution is 5.34. The number of nitrogens with one attached hydrogen (secondary N) is 1. The SMILES string of the molecule is CCC(C)NCC(O)COc1ccc(C#N)cc1. The molecule has 0 saturated heterocycles. The summed E-state index contributed by atoms with van der Waals surface area (Å²) in [5, 5.41) is 21.6. The van der Waals surface area contributed by atoms with Crippen molar-refractivity contribution in [3.8, 4) is 11.8 Å². The van der Waals surface area contributed by atoms with Crippen molar-refractivity contribution in [1.29, 1.82) is 5.26 Å². The van der Waals surface area contributed by atoms with Gasteiger partial charge in [-0.2, -0.15) is 5.26 Å². The van der Waals surface area contributed by atoms with Crippen LogP contribution in [0.25, 0.3) is 0 Å². The van der Waals surface area contributed by atoms with Crippen LogP contribution in [0.1, 0.15) is 25.8 Å². The van der Waals surface area contributed by atoms with Crippen LogP contribution < -0.4 is 10.1 Å². The molecule has 0 saturated carbocycles. The lowest BCUT2D eigenvalue weighted by atomic mass is 10.2. The number of aliphatic hydroxyl groups excluding tert-OH is 1. The smallest absolute Gasteiger partial charge is 0.119 e. The Balaban J connectivity index is 2.29. The quantitative estimate of drug-likeness (QED) is 0.770. The van der Waals surface area contributed by atoms with Crippen LogP contribution in [0.15, 0.2) is 24.3 Å². The molecule has 2 unspecified atom stereocenters. The fourth-order valence-electron chi connectivity index (χ4n) is 1.36. The summed E-state index contributed by atoms with van der Waals surface area (Å²) in [6.45, 7) is 4.94. The number of nitrogens with zero attached hydrogens (tertiary/aromatic N) is 1. The Morgan fingerprint density at radius 1 is 1.39 bits per heavy atom. The average molecular weight is 248 g/mol. The fraction of sp³-hybridized carbons (Fsp3) is 0.500. The first-order valence-corrected chi connectivity index (χ1v) is 6.20. The highest BCUT2D eigenvalue weighted by Crippen LogP contribution is 2.11. The van der Waals surface area contributed by atoms with Crippen LogP contribution in [0.4, 0.5) is 0 Å². The molecule has 2 N–H and O–H groups in total. The van der Waals surface area contributed by atoms with Gasteiger partial charge in [-0.05, 0) is 37.6 Å².